The lowest BCUT2D eigenvalue weighted by Gasteiger charge is -2.05. The predicted molar refractivity (Wildman–Crippen MR) is 54.4 cm³/mol. The van der Waals surface area contributed by atoms with Crippen LogP contribution >= 0.6 is 0 Å². The van der Waals surface area contributed by atoms with Crippen molar-refractivity contribution >= 4 is 5.91 Å². The third-order valence-electron chi connectivity index (χ3n) is 1.53. The van der Waals surface area contributed by atoms with Crippen LogP contribution in [-0.4, -0.2) is 32.1 Å². The van der Waals surface area contributed by atoms with Gasteiger partial charge in [-0.3, -0.25) is 4.79 Å². The SMILES string of the molecule is C=C(C)C(=O)NCCNCCCN. The fourth-order valence-electron chi connectivity index (χ4n) is 0.767. The van der Waals surface area contributed by atoms with Crippen molar-refractivity contribution < 1.29 is 4.79 Å². The Labute approximate surface area is 79.6 Å². The number of carbonyl (C=O) groups excluding carboxylic acids is 1. The smallest absolute Gasteiger partial charge is 0.246 e. The maximum Gasteiger partial charge on any atom is 0.246 e. The molecule has 0 aliphatic rings. The molecule has 0 aromatic carbocycles. The van der Waals surface area contributed by atoms with E-state index >= 15 is 0 Å². The Kier molecular flexibility index (Phi) is 7.24. The van der Waals surface area contributed by atoms with Crippen molar-refractivity contribution in [2.45, 2.75) is 13.3 Å². The Morgan fingerprint density at radius 3 is 2.62 bits per heavy atom. The van der Waals surface area contributed by atoms with Crippen LogP contribution in [0.1, 0.15) is 13.3 Å². The van der Waals surface area contributed by atoms with Crippen LogP contribution in [0.2, 0.25) is 0 Å². The molecule has 0 unspecified atom stereocenters. The topological polar surface area (TPSA) is 67.2 Å². The molecule has 13 heavy (non-hydrogen) atoms. The lowest BCUT2D eigenvalue weighted by Crippen LogP contribution is -2.32. The van der Waals surface area contributed by atoms with E-state index in [0.717, 1.165) is 19.5 Å². The monoisotopic (exact) mass is 185 g/mol. The van der Waals surface area contributed by atoms with Crippen molar-refractivity contribution in [2.75, 3.05) is 26.2 Å². The number of hydrogen-bond donors (Lipinski definition) is 3. The van der Waals surface area contributed by atoms with Crippen LogP contribution < -0.4 is 16.4 Å². The third kappa shape index (κ3) is 7.49. The van der Waals surface area contributed by atoms with Crippen LogP contribution in [0.15, 0.2) is 12.2 Å². The fourth-order valence-corrected chi connectivity index (χ4v) is 0.767. The number of hydrogen-bond acceptors (Lipinski definition) is 3. The second-order valence-electron chi connectivity index (χ2n) is 2.93. The van der Waals surface area contributed by atoms with Crippen molar-refractivity contribution in [3.05, 3.63) is 12.2 Å². The Balaban J connectivity index is 3.16. The van der Waals surface area contributed by atoms with Gasteiger partial charge in [-0.2, -0.15) is 0 Å². The molecule has 0 aliphatic heterocycles. The van der Waals surface area contributed by atoms with Crippen molar-refractivity contribution in [1.82, 2.24) is 10.6 Å². The second-order valence-corrected chi connectivity index (χ2v) is 2.93. The molecule has 0 heterocycles. The van der Waals surface area contributed by atoms with E-state index in [1.165, 1.54) is 0 Å². The number of carbonyl (C=O) groups is 1. The first kappa shape index (κ1) is 12.1. The lowest BCUT2D eigenvalue weighted by molar-refractivity contribution is -0.117. The summed E-state index contributed by atoms with van der Waals surface area (Å²) in [6, 6.07) is 0. The number of amides is 1. The van der Waals surface area contributed by atoms with Crippen LogP contribution in [0.5, 0.6) is 0 Å². The minimum Gasteiger partial charge on any atom is -0.351 e. The zero-order valence-electron chi connectivity index (χ0n) is 8.23. The van der Waals surface area contributed by atoms with Gasteiger partial charge in [-0.1, -0.05) is 6.58 Å². The maximum absolute atomic E-state index is 11.0. The summed E-state index contributed by atoms with van der Waals surface area (Å²) >= 11 is 0. The molecule has 4 heteroatoms. The van der Waals surface area contributed by atoms with Gasteiger partial charge in [0.1, 0.15) is 0 Å². The molecule has 4 nitrogen and oxygen atoms in total. The van der Waals surface area contributed by atoms with Gasteiger partial charge in [0, 0.05) is 18.7 Å². The standard InChI is InChI=1S/C9H19N3O/c1-8(2)9(13)12-7-6-11-5-3-4-10/h11H,1,3-7,10H2,2H3,(H,12,13). The molecule has 0 rings (SSSR count). The third-order valence-corrected chi connectivity index (χ3v) is 1.53. The van der Waals surface area contributed by atoms with E-state index in [1.807, 2.05) is 0 Å². The van der Waals surface area contributed by atoms with Gasteiger partial charge in [0.2, 0.25) is 5.91 Å². The molecule has 0 aromatic rings. The molecule has 0 atom stereocenters. The first-order valence-electron chi connectivity index (χ1n) is 4.53. The zero-order valence-corrected chi connectivity index (χ0v) is 8.23. The molecule has 0 aliphatic carbocycles. The van der Waals surface area contributed by atoms with Crippen LogP contribution in [0.25, 0.3) is 0 Å². The van der Waals surface area contributed by atoms with E-state index in [4.69, 9.17) is 5.73 Å². The summed E-state index contributed by atoms with van der Waals surface area (Å²) in [6.07, 6.45) is 0.967. The van der Waals surface area contributed by atoms with Crippen LogP contribution in [0.4, 0.5) is 0 Å². The Morgan fingerprint density at radius 1 is 1.38 bits per heavy atom. The van der Waals surface area contributed by atoms with Gasteiger partial charge >= 0.3 is 0 Å². The normalized spacial score (nSPS) is 9.69. The van der Waals surface area contributed by atoms with Crippen molar-refractivity contribution in [3.8, 4) is 0 Å². The first-order valence-corrected chi connectivity index (χ1v) is 4.53. The average molecular weight is 185 g/mol. The highest BCUT2D eigenvalue weighted by Crippen LogP contribution is 1.83. The second kappa shape index (κ2) is 7.76. The van der Waals surface area contributed by atoms with Crippen molar-refractivity contribution in [3.63, 3.8) is 0 Å². The molecule has 0 radical (unpaired) electrons. The largest absolute Gasteiger partial charge is 0.351 e. The van der Waals surface area contributed by atoms with E-state index in [0.29, 0.717) is 18.7 Å². The van der Waals surface area contributed by atoms with Crippen molar-refractivity contribution in [2.24, 2.45) is 5.73 Å². The molecule has 0 fully saturated rings. The predicted octanol–water partition coefficient (Wildman–Crippen LogP) is -0.383. The molecule has 0 aromatic heterocycles. The highest BCUT2D eigenvalue weighted by atomic mass is 16.1. The van der Waals surface area contributed by atoms with E-state index in [1.54, 1.807) is 6.92 Å². The zero-order chi connectivity index (χ0) is 10.1. The summed E-state index contributed by atoms with van der Waals surface area (Å²) in [7, 11) is 0. The molecular weight excluding hydrogens is 166 g/mol. The molecule has 0 saturated carbocycles. The summed E-state index contributed by atoms with van der Waals surface area (Å²) in [5.41, 5.74) is 5.85. The molecule has 76 valence electrons. The minimum atomic E-state index is -0.0828. The summed E-state index contributed by atoms with van der Waals surface area (Å²) in [4.78, 5) is 11.0. The molecule has 1 amide bonds. The van der Waals surface area contributed by atoms with E-state index in [-0.39, 0.29) is 5.91 Å². The molecule has 0 bridgehead atoms. The number of rotatable bonds is 7. The number of nitrogens with two attached hydrogens (primary N) is 1. The van der Waals surface area contributed by atoms with E-state index in [2.05, 4.69) is 17.2 Å². The van der Waals surface area contributed by atoms with Gasteiger partial charge in [0.25, 0.3) is 0 Å². The summed E-state index contributed by atoms with van der Waals surface area (Å²) in [5.74, 6) is -0.0828. The van der Waals surface area contributed by atoms with Gasteiger partial charge in [-0.15, -0.1) is 0 Å². The van der Waals surface area contributed by atoms with Gasteiger partial charge < -0.3 is 16.4 Å². The molecular formula is C9H19N3O. The van der Waals surface area contributed by atoms with Gasteiger partial charge in [-0.25, -0.2) is 0 Å². The quantitative estimate of drug-likeness (QED) is 0.374. The van der Waals surface area contributed by atoms with Crippen LogP contribution in [-0.2, 0) is 4.79 Å². The maximum atomic E-state index is 11.0. The molecule has 0 spiro atoms. The minimum absolute atomic E-state index is 0.0828. The lowest BCUT2D eigenvalue weighted by atomic mass is 10.3. The molecule has 4 N–H and O–H groups in total. The first-order chi connectivity index (χ1) is 6.18. The van der Waals surface area contributed by atoms with Crippen molar-refractivity contribution in [1.29, 1.82) is 0 Å². The average Bonchev–Trinajstić information content (AvgIpc) is 2.10. The summed E-state index contributed by atoms with van der Waals surface area (Å²) < 4.78 is 0. The van der Waals surface area contributed by atoms with E-state index < -0.39 is 0 Å². The van der Waals surface area contributed by atoms with Gasteiger partial charge in [0.15, 0.2) is 0 Å². The fraction of sp³-hybridized carbons (Fsp3) is 0.667. The summed E-state index contributed by atoms with van der Waals surface area (Å²) in [5, 5.41) is 5.88. The number of nitrogens with one attached hydrogen (secondary N) is 2. The van der Waals surface area contributed by atoms with Gasteiger partial charge in [0.05, 0.1) is 0 Å². The highest BCUT2D eigenvalue weighted by molar-refractivity contribution is 5.92. The molecule has 0 saturated heterocycles. The van der Waals surface area contributed by atoms with Crippen LogP contribution in [0, 0.1) is 0 Å². The Morgan fingerprint density at radius 2 is 2.08 bits per heavy atom. The van der Waals surface area contributed by atoms with Gasteiger partial charge in [-0.05, 0) is 26.4 Å². The Hall–Kier alpha value is -0.870. The summed E-state index contributed by atoms with van der Waals surface area (Å²) in [6.45, 7) is 8.24. The highest BCUT2D eigenvalue weighted by Gasteiger charge is 1.98. The Bertz CT molecular complexity index is 168. The van der Waals surface area contributed by atoms with E-state index in [9.17, 15) is 4.79 Å². The van der Waals surface area contributed by atoms with Crippen LogP contribution in [0.3, 0.4) is 0 Å².